The van der Waals surface area contributed by atoms with E-state index in [-0.39, 0.29) is 5.91 Å². The highest BCUT2D eigenvalue weighted by atomic mass is 16.5. The van der Waals surface area contributed by atoms with Gasteiger partial charge in [0, 0.05) is 18.9 Å². The highest BCUT2D eigenvalue weighted by molar-refractivity contribution is 5.78. The average Bonchev–Trinajstić information content (AvgIpc) is 2.54. The molecule has 4 nitrogen and oxygen atoms in total. The fraction of sp³-hybridized carbons (Fsp3) is 0.294. The summed E-state index contributed by atoms with van der Waals surface area (Å²) in [6.07, 6.45) is 5.95. The number of fused-ring (bicyclic) bond motifs is 1. The van der Waals surface area contributed by atoms with Gasteiger partial charge in [-0.05, 0) is 41.7 Å². The molecule has 0 fully saturated rings. The predicted octanol–water partition coefficient (Wildman–Crippen LogP) is 2.27. The van der Waals surface area contributed by atoms with Crippen LogP contribution >= 0.6 is 0 Å². The molecule has 0 aliphatic carbocycles. The van der Waals surface area contributed by atoms with Crippen molar-refractivity contribution in [2.75, 3.05) is 6.61 Å². The van der Waals surface area contributed by atoms with E-state index in [9.17, 15) is 4.79 Å². The van der Waals surface area contributed by atoms with Crippen molar-refractivity contribution in [3.8, 4) is 5.75 Å². The molecule has 1 N–H and O–H groups in total. The number of pyridine rings is 1. The molecule has 0 saturated heterocycles. The summed E-state index contributed by atoms with van der Waals surface area (Å²) in [7, 11) is 0. The maximum Gasteiger partial charge on any atom is 0.224 e. The molecule has 2 aromatic rings. The highest BCUT2D eigenvalue weighted by Crippen LogP contribution is 2.25. The first-order valence-electron chi connectivity index (χ1n) is 7.21. The number of nitrogens with one attached hydrogen (secondary N) is 1. The van der Waals surface area contributed by atoms with E-state index in [1.54, 1.807) is 12.4 Å². The van der Waals surface area contributed by atoms with E-state index in [2.05, 4.69) is 16.4 Å². The van der Waals surface area contributed by atoms with Gasteiger partial charge in [0.1, 0.15) is 5.75 Å². The van der Waals surface area contributed by atoms with Crippen LogP contribution in [-0.2, 0) is 24.2 Å². The molecule has 1 aliphatic rings. The fourth-order valence-electron chi connectivity index (χ4n) is 2.47. The number of carbonyl (C=O) groups is 1. The molecule has 0 unspecified atom stereocenters. The van der Waals surface area contributed by atoms with Crippen molar-refractivity contribution in [1.82, 2.24) is 10.3 Å². The molecule has 1 aromatic carbocycles. The molecule has 0 radical (unpaired) electrons. The van der Waals surface area contributed by atoms with Crippen LogP contribution in [0.3, 0.4) is 0 Å². The normalized spacial score (nSPS) is 13.1. The molecule has 108 valence electrons. The molecule has 1 aromatic heterocycles. The number of hydrogen-bond donors (Lipinski definition) is 1. The Balaban J connectivity index is 1.57. The van der Waals surface area contributed by atoms with Crippen molar-refractivity contribution in [3.05, 3.63) is 59.4 Å². The molecule has 0 atom stereocenters. The summed E-state index contributed by atoms with van der Waals surface area (Å²) in [4.78, 5) is 16.0. The van der Waals surface area contributed by atoms with Gasteiger partial charge in [0.15, 0.2) is 0 Å². The molecule has 3 rings (SSSR count). The second-order valence-corrected chi connectivity index (χ2v) is 5.21. The topological polar surface area (TPSA) is 51.2 Å². The van der Waals surface area contributed by atoms with E-state index in [0.717, 1.165) is 36.3 Å². The molecule has 1 aliphatic heterocycles. The quantitative estimate of drug-likeness (QED) is 0.936. The summed E-state index contributed by atoms with van der Waals surface area (Å²) in [5.74, 6) is 0.983. The number of aryl methyl sites for hydroxylation is 1. The number of ether oxygens (including phenoxy) is 1. The van der Waals surface area contributed by atoms with Crippen molar-refractivity contribution in [2.45, 2.75) is 25.8 Å². The van der Waals surface area contributed by atoms with E-state index < -0.39 is 0 Å². The number of rotatable bonds is 4. The maximum atomic E-state index is 12.0. The third-order valence-electron chi connectivity index (χ3n) is 3.55. The molecule has 21 heavy (non-hydrogen) atoms. The van der Waals surface area contributed by atoms with Crippen LogP contribution < -0.4 is 10.1 Å². The minimum absolute atomic E-state index is 0.0236. The van der Waals surface area contributed by atoms with Crippen LogP contribution in [0.1, 0.15) is 23.1 Å². The first kappa shape index (κ1) is 13.6. The monoisotopic (exact) mass is 282 g/mol. The Labute approximate surface area is 124 Å². The third kappa shape index (κ3) is 3.60. The molecule has 0 spiro atoms. The lowest BCUT2D eigenvalue weighted by Gasteiger charge is -2.17. The lowest BCUT2D eigenvalue weighted by Crippen LogP contribution is -2.24. The summed E-state index contributed by atoms with van der Waals surface area (Å²) in [6, 6.07) is 9.83. The van der Waals surface area contributed by atoms with Gasteiger partial charge in [-0.15, -0.1) is 0 Å². The van der Waals surface area contributed by atoms with Crippen LogP contribution in [0.4, 0.5) is 0 Å². The zero-order chi connectivity index (χ0) is 14.5. The molecule has 0 saturated carbocycles. The second-order valence-electron chi connectivity index (χ2n) is 5.21. The van der Waals surface area contributed by atoms with Gasteiger partial charge in [-0.3, -0.25) is 9.78 Å². The summed E-state index contributed by atoms with van der Waals surface area (Å²) < 4.78 is 5.58. The van der Waals surface area contributed by atoms with Crippen LogP contribution in [0.2, 0.25) is 0 Å². The van der Waals surface area contributed by atoms with Gasteiger partial charge in [0.2, 0.25) is 5.91 Å². The molecule has 0 bridgehead atoms. The van der Waals surface area contributed by atoms with Gasteiger partial charge in [-0.1, -0.05) is 18.2 Å². The molecule has 4 heteroatoms. The Morgan fingerprint density at radius 1 is 1.29 bits per heavy atom. The molecular formula is C17H18N2O2. The van der Waals surface area contributed by atoms with Crippen LogP contribution in [0.15, 0.2) is 42.7 Å². The van der Waals surface area contributed by atoms with Crippen LogP contribution in [0, 0.1) is 0 Å². The summed E-state index contributed by atoms with van der Waals surface area (Å²) in [6.45, 7) is 1.30. The first-order valence-corrected chi connectivity index (χ1v) is 7.21. The second kappa shape index (κ2) is 6.39. The summed E-state index contributed by atoms with van der Waals surface area (Å²) in [5.41, 5.74) is 3.24. The van der Waals surface area contributed by atoms with Gasteiger partial charge >= 0.3 is 0 Å². The van der Waals surface area contributed by atoms with Crippen LogP contribution in [0.5, 0.6) is 5.75 Å². The molecule has 1 amide bonds. The standard InChI is InChI=1S/C17H18N2O2/c20-17(19-12-14-3-1-7-18-11-14)10-13-5-6-16-15(9-13)4-2-8-21-16/h1,3,5-7,9,11H,2,4,8,10,12H2,(H,19,20). The predicted molar refractivity (Wildman–Crippen MR) is 80.0 cm³/mol. The van der Waals surface area contributed by atoms with Gasteiger partial charge in [-0.25, -0.2) is 0 Å². The van der Waals surface area contributed by atoms with E-state index >= 15 is 0 Å². The maximum absolute atomic E-state index is 12.0. The minimum Gasteiger partial charge on any atom is -0.493 e. The smallest absolute Gasteiger partial charge is 0.224 e. The number of aromatic nitrogens is 1. The van der Waals surface area contributed by atoms with E-state index in [0.29, 0.717) is 13.0 Å². The number of nitrogens with zero attached hydrogens (tertiary/aromatic N) is 1. The van der Waals surface area contributed by atoms with Crippen molar-refractivity contribution in [1.29, 1.82) is 0 Å². The fourth-order valence-corrected chi connectivity index (χ4v) is 2.47. The van der Waals surface area contributed by atoms with E-state index in [1.165, 1.54) is 5.56 Å². The highest BCUT2D eigenvalue weighted by Gasteiger charge is 2.12. The first-order chi connectivity index (χ1) is 10.3. The van der Waals surface area contributed by atoms with Crippen molar-refractivity contribution >= 4 is 5.91 Å². The van der Waals surface area contributed by atoms with Gasteiger partial charge in [0.05, 0.1) is 13.0 Å². The Bertz CT molecular complexity index is 626. The van der Waals surface area contributed by atoms with Crippen LogP contribution in [-0.4, -0.2) is 17.5 Å². The Hall–Kier alpha value is -2.36. The van der Waals surface area contributed by atoms with Crippen molar-refractivity contribution in [3.63, 3.8) is 0 Å². The third-order valence-corrected chi connectivity index (χ3v) is 3.55. The van der Waals surface area contributed by atoms with E-state index in [1.807, 2.05) is 24.3 Å². The van der Waals surface area contributed by atoms with Gasteiger partial charge in [-0.2, -0.15) is 0 Å². The summed E-state index contributed by atoms with van der Waals surface area (Å²) >= 11 is 0. The average molecular weight is 282 g/mol. The van der Waals surface area contributed by atoms with Crippen LogP contribution in [0.25, 0.3) is 0 Å². The van der Waals surface area contributed by atoms with Gasteiger partial charge in [0.25, 0.3) is 0 Å². The van der Waals surface area contributed by atoms with Crippen molar-refractivity contribution in [2.24, 2.45) is 0 Å². The largest absolute Gasteiger partial charge is 0.493 e. The molecular weight excluding hydrogens is 264 g/mol. The number of carbonyl (C=O) groups excluding carboxylic acids is 1. The number of amides is 1. The van der Waals surface area contributed by atoms with E-state index in [4.69, 9.17) is 4.74 Å². The SMILES string of the molecule is O=C(Cc1ccc2c(c1)CCCO2)NCc1cccnc1. The lowest BCUT2D eigenvalue weighted by molar-refractivity contribution is -0.120. The lowest BCUT2D eigenvalue weighted by atomic mass is 10.0. The number of benzene rings is 1. The Kier molecular flexibility index (Phi) is 4.15. The zero-order valence-corrected chi connectivity index (χ0v) is 11.8. The Morgan fingerprint density at radius 2 is 2.24 bits per heavy atom. The van der Waals surface area contributed by atoms with Crippen molar-refractivity contribution < 1.29 is 9.53 Å². The van der Waals surface area contributed by atoms with Gasteiger partial charge < -0.3 is 10.1 Å². The minimum atomic E-state index is 0.0236. The number of hydrogen-bond acceptors (Lipinski definition) is 3. The molecule has 2 heterocycles. The Morgan fingerprint density at radius 3 is 3.10 bits per heavy atom. The zero-order valence-electron chi connectivity index (χ0n) is 11.8. The summed E-state index contributed by atoms with van der Waals surface area (Å²) in [5, 5.41) is 2.92.